The highest BCUT2D eigenvalue weighted by atomic mass is 19.1. The van der Waals surface area contributed by atoms with Gasteiger partial charge in [-0.15, -0.1) is 0 Å². The fourth-order valence-corrected chi connectivity index (χ4v) is 6.56. The molecule has 2 aliphatic carbocycles. The fraction of sp³-hybridized carbons (Fsp3) is 0.536. The zero-order chi connectivity index (χ0) is 24.7. The molecule has 0 atom stereocenters. The van der Waals surface area contributed by atoms with E-state index < -0.39 is 11.6 Å². The number of carbonyl (C=O) groups excluding carboxylic acids is 1. The van der Waals surface area contributed by atoms with Crippen molar-refractivity contribution in [2.24, 2.45) is 0 Å². The van der Waals surface area contributed by atoms with Crippen LogP contribution in [-0.2, 0) is 12.1 Å². The van der Waals surface area contributed by atoms with Gasteiger partial charge in [0.2, 0.25) is 5.95 Å². The van der Waals surface area contributed by atoms with Gasteiger partial charge in [0.05, 0.1) is 5.69 Å². The molecule has 2 aromatic heterocycles. The maximum absolute atomic E-state index is 13.9. The smallest absolute Gasteiger partial charge is 0.224 e. The van der Waals surface area contributed by atoms with Crippen LogP contribution in [-0.4, -0.2) is 32.4 Å². The highest BCUT2D eigenvalue weighted by molar-refractivity contribution is 6.00. The quantitative estimate of drug-likeness (QED) is 0.466. The van der Waals surface area contributed by atoms with Gasteiger partial charge in [0.15, 0.2) is 5.78 Å². The second-order valence-electron chi connectivity index (χ2n) is 10.9. The van der Waals surface area contributed by atoms with Crippen molar-refractivity contribution < 1.29 is 13.6 Å². The number of anilines is 1. The number of nitrogens with zero attached hydrogens (tertiary/aromatic N) is 3. The maximum Gasteiger partial charge on any atom is 0.224 e. The van der Waals surface area contributed by atoms with Gasteiger partial charge < -0.3 is 15.2 Å². The summed E-state index contributed by atoms with van der Waals surface area (Å²) in [6.07, 6.45) is 13.1. The molecule has 3 aromatic rings. The summed E-state index contributed by atoms with van der Waals surface area (Å²) in [4.78, 5) is 22.3. The molecule has 0 radical (unpaired) electrons. The van der Waals surface area contributed by atoms with Gasteiger partial charge >= 0.3 is 0 Å². The van der Waals surface area contributed by atoms with Crippen LogP contribution in [0.25, 0.3) is 11.0 Å². The molecule has 0 amide bonds. The van der Waals surface area contributed by atoms with E-state index in [0.29, 0.717) is 30.5 Å². The van der Waals surface area contributed by atoms with Crippen LogP contribution < -0.4 is 10.6 Å². The third-order valence-electron chi connectivity index (χ3n) is 8.56. The van der Waals surface area contributed by atoms with Crippen molar-refractivity contribution >= 4 is 22.8 Å². The number of Topliss-reactive ketones (excluding diaryl/α,β-unsaturated/α-hetero) is 1. The zero-order valence-electron chi connectivity index (χ0n) is 20.5. The van der Waals surface area contributed by atoms with E-state index >= 15 is 0 Å². The minimum absolute atomic E-state index is 0.0165. The number of ketones is 1. The summed E-state index contributed by atoms with van der Waals surface area (Å²) < 4.78 is 29.3. The highest BCUT2D eigenvalue weighted by Crippen LogP contribution is 2.45. The van der Waals surface area contributed by atoms with E-state index in [0.717, 1.165) is 67.7 Å². The summed E-state index contributed by atoms with van der Waals surface area (Å²) in [5.41, 5.74) is 2.19. The molecule has 36 heavy (non-hydrogen) atoms. The number of nitrogens with one attached hydrogen (secondary N) is 2. The van der Waals surface area contributed by atoms with Crippen LogP contribution in [0.3, 0.4) is 0 Å². The van der Waals surface area contributed by atoms with E-state index in [9.17, 15) is 13.6 Å². The van der Waals surface area contributed by atoms with Gasteiger partial charge in [-0.1, -0.05) is 25.3 Å². The molecule has 2 fully saturated rings. The van der Waals surface area contributed by atoms with E-state index in [-0.39, 0.29) is 17.4 Å². The molecule has 2 N–H and O–H groups in total. The highest BCUT2D eigenvalue weighted by Gasteiger charge is 2.41. The Balaban J connectivity index is 1.13. The number of aromatic nitrogens is 3. The molecule has 3 aliphatic rings. The molecular weight excluding hydrogens is 460 g/mol. The molecule has 0 bridgehead atoms. The van der Waals surface area contributed by atoms with E-state index in [1.54, 1.807) is 0 Å². The summed E-state index contributed by atoms with van der Waals surface area (Å²) in [7, 11) is 0. The Bertz CT molecular complexity index is 1270. The van der Waals surface area contributed by atoms with Crippen LogP contribution in [0.4, 0.5) is 14.7 Å². The minimum atomic E-state index is -0.551. The molecule has 6 nitrogen and oxygen atoms in total. The van der Waals surface area contributed by atoms with Gasteiger partial charge in [-0.2, -0.15) is 4.98 Å². The molecule has 6 rings (SSSR count). The van der Waals surface area contributed by atoms with Crippen LogP contribution in [0, 0.1) is 11.6 Å². The number of halogens is 2. The summed E-state index contributed by atoms with van der Waals surface area (Å²) in [6, 6.07) is 6.28. The Labute approximate surface area is 209 Å². The average molecular weight is 494 g/mol. The molecule has 190 valence electrons. The summed E-state index contributed by atoms with van der Waals surface area (Å²) in [5.74, 6) is -0.221. The van der Waals surface area contributed by atoms with Crippen molar-refractivity contribution in [3.8, 4) is 0 Å². The van der Waals surface area contributed by atoms with Gasteiger partial charge in [0, 0.05) is 53.8 Å². The molecular formula is C28H33F2N5O. The van der Waals surface area contributed by atoms with Crippen molar-refractivity contribution in [1.29, 1.82) is 0 Å². The third-order valence-corrected chi connectivity index (χ3v) is 8.56. The summed E-state index contributed by atoms with van der Waals surface area (Å²) in [6.45, 7) is 0.397. The molecule has 1 aromatic carbocycles. The first-order valence-corrected chi connectivity index (χ1v) is 13.4. The number of hydrogen-bond acceptors (Lipinski definition) is 5. The Morgan fingerprint density at radius 1 is 1.00 bits per heavy atom. The predicted octanol–water partition coefficient (Wildman–Crippen LogP) is 5.86. The SMILES string of the molecule is O=C1CCC2(CCCCC2)n2c1cc1cnc(NC3CCC(NCc4ccc(F)cc4F)CC3)nc12. The summed E-state index contributed by atoms with van der Waals surface area (Å²) >= 11 is 0. The van der Waals surface area contributed by atoms with Crippen molar-refractivity contribution in [1.82, 2.24) is 19.9 Å². The Hall–Kier alpha value is -2.87. The van der Waals surface area contributed by atoms with Crippen molar-refractivity contribution in [3.05, 3.63) is 53.4 Å². The van der Waals surface area contributed by atoms with E-state index in [2.05, 4.69) is 20.2 Å². The molecule has 3 heterocycles. The second kappa shape index (κ2) is 9.54. The topological polar surface area (TPSA) is 71.8 Å². The largest absolute Gasteiger partial charge is 0.351 e. The lowest BCUT2D eigenvalue weighted by Gasteiger charge is -2.42. The number of fused-ring (bicyclic) bond motifs is 4. The van der Waals surface area contributed by atoms with Gasteiger partial charge in [0.1, 0.15) is 17.3 Å². The minimum Gasteiger partial charge on any atom is -0.351 e. The zero-order valence-corrected chi connectivity index (χ0v) is 20.5. The molecule has 1 spiro atoms. The lowest BCUT2D eigenvalue weighted by molar-refractivity contribution is 0.0852. The first-order valence-electron chi connectivity index (χ1n) is 13.4. The van der Waals surface area contributed by atoms with Gasteiger partial charge in [0.25, 0.3) is 0 Å². The summed E-state index contributed by atoms with van der Waals surface area (Å²) in [5, 5.41) is 7.89. The van der Waals surface area contributed by atoms with Crippen LogP contribution >= 0.6 is 0 Å². The molecule has 1 aliphatic heterocycles. The van der Waals surface area contributed by atoms with E-state index in [4.69, 9.17) is 4.98 Å². The van der Waals surface area contributed by atoms with Crippen LogP contribution in [0.5, 0.6) is 0 Å². The Kier molecular flexibility index (Phi) is 6.23. The molecule has 8 heteroatoms. The van der Waals surface area contributed by atoms with Crippen molar-refractivity contribution in [2.75, 3.05) is 5.32 Å². The fourth-order valence-electron chi connectivity index (χ4n) is 6.56. The first-order chi connectivity index (χ1) is 17.5. The van der Waals surface area contributed by atoms with Gasteiger partial charge in [-0.25, -0.2) is 13.8 Å². The van der Waals surface area contributed by atoms with Gasteiger partial charge in [-0.3, -0.25) is 4.79 Å². The lowest BCUT2D eigenvalue weighted by atomic mass is 9.75. The predicted molar refractivity (Wildman–Crippen MR) is 135 cm³/mol. The molecule has 0 saturated heterocycles. The normalized spacial score (nSPS) is 23.7. The third kappa shape index (κ3) is 4.40. The van der Waals surface area contributed by atoms with Crippen LogP contribution in [0.15, 0.2) is 30.5 Å². The standard InChI is InChI=1S/C28H33F2N5O/c29-20-5-4-18(23(30)15-20)16-31-21-6-8-22(9-7-21)33-27-32-17-19-14-24-25(36)10-13-28(11-2-1-3-12-28)35(24)26(19)34-27/h4-5,14-15,17,21-22,31H,1-3,6-13,16H2,(H,32,33,34). The molecule has 2 saturated carbocycles. The van der Waals surface area contributed by atoms with E-state index in [1.807, 2.05) is 12.3 Å². The van der Waals surface area contributed by atoms with Crippen molar-refractivity contribution in [3.63, 3.8) is 0 Å². The Morgan fingerprint density at radius 3 is 2.56 bits per heavy atom. The molecule has 0 unspecified atom stereocenters. The first kappa shape index (κ1) is 23.5. The van der Waals surface area contributed by atoms with Crippen LogP contribution in [0.1, 0.15) is 86.7 Å². The van der Waals surface area contributed by atoms with E-state index in [1.165, 1.54) is 31.4 Å². The lowest BCUT2D eigenvalue weighted by Crippen LogP contribution is -2.41. The van der Waals surface area contributed by atoms with Crippen molar-refractivity contribution in [2.45, 2.75) is 94.8 Å². The number of benzene rings is 1. The monoisotopic (exact) mass is 493 g/mol. The maximum atomic E-state index is 13.9. The van der Waals surface area contributed by atoms with Crippen LogP contribution in [0.2, 0.25) is 0 Å². The number of carbonyl (C=O) groups is 1. The average Bonchev–Trinajstić information content (AvgIpc) is 3.28. The van der Waals surface area contributed by atoms with Gasteiger partial charge in [-0.05, 0) is 57.1 Å². The number of hydrogen-bond donors (Lipinski definition) is 2. The second-order valence-corrected chi connectivity index (χ2v) is 10.9. The number of rotatable bonds is 5. The Morgan fingerprint density at radius 2 is 1.78 bits per heavy atom.